The van der Waals surface area contributed by atoms with Gasteiger partial charge in [-0.3, -0.25) is 14.4 Å². The van der Waals surface area contributed by atoms with E-state index >= 15 is 0 Å². The van der Waals surface area contributed by atoms with Crippen LogP contribution in [0.25, 0.3) is 0 Å². The van der Waals surface area contributed by atoms with Crippen LogP contribution in [0.1, 0.15) is 18.6 Å². The lowest BCUT2D eigenvalue weighted by Gasteiger charge is -2.09. The summed E-state index contributed by atoms with van der Waals surface area (Å²) < 4.78 is 15.3. The number of aryl methyl sites for hydroxylation is 1. The number of anilines is 2. The van der Waals surface area contributed by atoms with Crippen molar-refractivity contribution in [1.82, 2.24) is 5.16 Å². The maximum atomic E-state index is 12.1. The van der Waals surface area contributed by atoms with Crippen LogP contribution in [0.15, 0.2) is 53.1 Å². The molecule has 0 saturated heterocycles. The second-order valence-electron chi connectivity index (χ2n) is 6.78. The Labute approximate surface area is 198 Å². The number of benzene rings is 2. The van der Waals surface area contributed by atoms with E-state index in [-0.39, 0.29) is 24.6 Å². The highest BCUT2D eigenvalue weighted by atomic mass is 35.5. The van der Waals surface area contributed by atoms with Crippen LogP contribution in [0.4, 0.5) is 11.5 Å². The average molecular weight is 492 g/mol. The molecular formula is C22H19Cl2N3O6. The summed E-state index contributed by atoms with van der Waals surface area (Å²) in [5.74, 6) is 0.0792. The summed E-state index contributed by atoms with van der Waals surface area (Å²) in [5.41, 5.74) is 0.519. The van der Waals surface area contributed by atoms with E-state index in [1.165, 1.54) is 6.07 Å². The first kappa shape index (κ1) is 24.1. The van der Waals surface area contributed by atoms with Crippen LogP contribution in [-0.4, -0.2) is 29.5 Å². The Morgan fingerprint density at radius 2 is 1.73 bits per heavy atom. The maximum absolute atomic E-state index is 12.1. The van der Waals surface area contributed by atoms with Crippen molar-refractivity contribution in [2.75, 3.05) is 17.2 Å². The van der Waals surface area contributed by atoms with Crippen molar-refractivity contribution in [3.05, 3.63) is 64.3 Å². The lowest BCUT2D eigenvalue weighted by Crippen LogP contribution is -2.21. The zero-order valence-electron chi connectivity index (χ0n) is 17.4. The van der Waals surface area contributed by atoms with Gasteiger partial charge in [-0.2, -0.15) is 0 Å². The summed E-state index contributed by atoms with van der Waals surface area (Å²) in [6, 6.07) is 13.0. The second kappa shape index (κ2) is 11.3. The molecule has 0 aliphatic heterocycles. The summed E-state index contributed by atoms with van der Waals surface area (Å²) in [6.45, 7) is 1.18. The van der Waals surface area contributed by atoms with E-state index in [1.807, 2.05) is 0 Å². The monoisotopic (exact) mass is 491 g/mol. The van der Waals surface area contributed by atoms with Gasteiger partial charge in [0.15, 0.2) is 12.4 Å². The highest BCUT2D eigenvalue weighted by Gasteiger charge is 2.12. The molecule has 172 valence electrons. The lowest BCUT2D eigenvalue weighted by atomic mass is 10.2. The molecule has 0 spiro atoms. The molecule has 0 saturated carbocycles. The van der Waals surface area contributed by atoms with Gasteiger partial charge in [0.1, 0.15) is 17.3 Å². The number of rotatable bonds is 9. The average Bonchev–Trinajstić information content (AvgIpc) is 3.18. The SMILES string of the molecule is Cc1cc(NC(=O)COC(=O)CCC(=O)Nc2ccc(Oc3ccc(Cl)cc3Cl)cc2)no1. The fourth-order valence-electron chi connectivity index (χ4n) is 2.55. The molecule has 0 atom stereocenters. The Bertz CT molecular complexity index is 1150. The molecule has 0 aliphatic carbocycles. The first-order valence-electron chi connectivity index (χ1n) is 9.70. The molecule has 1 aromatic heterocycles. The first-order valence-corrected chi connectivity index (χ1v) is 10.5. The molecule has 0 aliphatic rings. The van der Waals surface area contributed by atoms with Gasteiger partial charge < -0.3 is 24.6 Å². The molecule has 2 N–H and O–H groups in total. The zero-order chi connectivity index (χ0) is 23.8. The maximum Gasteiger partial charge on any atom is 0.306 e. The number of amides is 2. The minimum Gasteiger partial charge on any atom is -0.456 e. The highest BCUT2D eigenvalue weighted by Crippen LogP contribution is 2.31. The van der Waals surface area contributed by atoms with Crippen LogP contribution in [-0.2, 0) is 19.1 Å². The molecule has 0 radical (unpaired) electrons. The van der Waals surface area contributed by atoms with Crippen molar-refractivity contribution in [3.63, 3.8) is 0 Å². The molecule has 9 nitrogen and oxygen atoms in total. The number of aromatic nitrogens is 1. The Balaban J connectivity index is 1.38. The number of nitrogens with one attached hydrogen (secondary N) is 2. The molecule has 1 heterocycles. The van der Waals surface area contributed by atoms with Crippen LogP contribution < -0.4 is 15.4 Å². The van der Waals surface area contributed by atoms with Gasteiger partial charge in [-0.05, 0) is 49.4 Å². The van der Waals surface area contributed by atoms with Gasteiger partial charge in [0.25, 0.3) is 5.91 Å². The van der Waals surface area contributed by atoms with Gasteiger partial charge >= 0.3 is 5.97 Å². The Morgan fingerprint density at radius 3 is 2.39 bits per heavy atom. The summed E-state index contributed by atoms with van der Waals surface area (Å²) in [6.07, 6.45) is -0.292. The zero-order valence-corrected chi connectivity index (χ0v) is 18.9. The smallest absolute Gasteiger partial charge is 0.306 e. The second-order valence-corrected chi connectivity index (χ2v) is 7.62. The standard InChI is InChI=1S/C22H19Cl2N3O6/c1-13-10-19(27-33-13)26-21(29)12-31-22(30)9-8-20(28)25-15-3-5-16(6-4-15)32-18-7-2-14(23)11-17(18)24/h2-7,10-11H,8-9,12H2,1H3,(H,25,28)(H,26,27,29). The first-order chi connectivity index (χ1) is 15.8. The van der Waals surface area contributed by atoms with E-state index in [0.717, 1.165) is 0 Å². The number of hydrogen-bond donors (Lipinski definition) is 2. The number of halogens is 2. The predicted octanol–water partition coefficient (Wildman–Crippen LogP) is 4.98. The van der Waals surface area contributed by atoms with Gasteiger partial charge in [-0.15, -0.1) is 0 Å². The van der Waals surface area contributed by atoms with E-state index in [4.69, 9.17) is 37.2 Å². The van der Waals surface area contributed by atoms with Crippen LogP contribution in [0, 0.1) is 6.92 Å². The Morgan fingerprint density at radius 1 is 0.970 bits per heavy atom. The van der Waals surface area contributed by atoms with Crippen molar-refractivity contribution in [2.24, 2.45) is 0 Å². The van der Waals surface area contributed by atoms with Crippen LogP contribution in [0.5, 0.6) is 11.5 Å². The number of carbonyl (C=O) groups is 3. The third-order valence-electron chi connectivity index (χ3n) is 4.08. The van der Waals surface area contributed by atoms with Crippen molar-refractivity contribution in [3.8, 4) is 11.5 Å². The third-order valence-corrected chi connectivity index (χ3v) is 4.61. The summed E-state index contributed by atoms with van der Waals surface area (Å²) in [5, 5.41) is 9.55. The van der Waals surface area contributed by atoms with E-state index < -0.39 is 18.5 Å². The number of hydrogen-bond acceptors (Lipinski definition) is 7. The van der Waals surface area contributed by atoms with Gasteiger partial charge in [0.2, 0.25) is 5.91 Å². The van der Waals surface area contributed by atoms with Gasteiger partial charge in [-0.1, -0.05) is 28.4 Å². The number of nitrogens with zero attached hydrogens (tertiary/aromatic N) is 1. The van der Waals surface area contributed by atoms with E-state index in [2.05, 4.69) is 15.8 Å². The fourth-order valence-corrected chi connectivity index (χ4v) is 3.00. The molecule has 0 fully saturated rings. The van der Waals surface area contributed by atoms with Crippen molar-refractivity contribution < 1.29 is 28.4 Å². The normalized spacial score (nSPS) is 10.4. The Hall–Kier alpha value is -3.56. The van der Waals surface area contributed by atoms with Gasteiger partial charge in [0, 0.05) is 23.2 Å². The largest absolute Gasteiger partial charge is 0.456 e. The number of ether oxygens (including phenoxy) is 2. The third kappa shape index (κ3) is 7.81. The molecular weight excluding hydrogens is 473 g/mol. The minimum atomic E-state index is -0.680. The molecule has 33 heavy (non-hydrogen) atoms. The molecule has 2 amide bonds. The molecule has 0 bridgehead atoms. The predicted molar refractivity (Wildman–Crippen MR) is 122 cm³/mol. The van der Waals surface area contributed by atoms with Crippen molar-refractivity contribution in [1.29, 1.82) is 0 Å². The summed E-state index contributed by atoms with van der Waals surface area (Å²) in [7, 11) is 0. The molecule has 3 aromatic rings. The fraction of sp³-hybridized carbons (Fsp3) is 0.182. The Kier molecular flexibility index (Phi) is 8.28. The quantitative estimate of drug-likeness (QED) is 0.404. The molecule has 2 aromatic carbocycles. The van der Waals surface area contributed by atoms with Crippen molar-refractivity contribution in [2.45, 2.75) is 19.8 Å². The van der Waals surface area contributed by atoms with Gasteiger partial charge in [-0.25, -0.2) is 0 Å². The molecule has 3 rings (SSSR count). The summed E-state index contributed by atoms with van der Waals surface area (Å²) in [4.78, 5) is 35.6. The number of carbonyl (C=O) groups excluding carboxylic acids is 3. The number of esters is 1. The topological polar surface area (TPSA) is 120 Å². The lowest BCUT2D eigenvalue weighted by molar-refractivity contribution is -0.147. The van der Waals surface area contributed by atoms with Gasteiger partial charge in [0.05, 0.1) is 11.4 Å². The van der Waals surface area contributed by atoms with Crippen LogP contribution in [0.3, 0.4) is 0 Å². The minimum absolute atomic E-state index is 0.110. The van der Waals surface area contributed by atoms with E-state index in [9.17, 15) is 14.4 Å². The highest BCUT2D eigenvalue weighted by molar-refractivity contribution is 6.35. The molecule has 0 unspecified atom stereocenters. The van der Waals surface area contributed by atoms with E-state index in [1.54, 1.807) is 49.4 Å². The van der Waals surface area contributed by atoms with E-state index in [0.29, 0.717) is 33.0 Å². The summed E-state index contributed by atoms with van der Waals surface area (Å²) >= 11 is 11.9. The van der Waals surface area contributed by atoms with Crippen molar-refractivity contribution >= 4 is 52.5 Å². The molecule has 11 heteroatoms. The van der Waals surface area contributed by atoms with Crippen LogP contribution >= 0.6 is 23.2 Å². The van der Waals surface area contributed by atoms with Crippen LogP contribution in [0.2, 0.25) is 10.0 Å².